The summed E-state index contributed by atoms with van der Waals surface area (Å²) in [6, 6.07) is 3.40. The van der Waals surface area contributed by atoms with Crippen molar-refractivity contribution in [3.05, 3.63) is 28.4 Å². The molecular weight excluding hydrogens is 344 g/mol. The molecule has 2 aromatic rings. The van der Waals surface area contributed by atoms with Gasteiger partial charge in [-0.05, 0) is 42.9 Å². The molecule has 1 aliphatic carbocycles. The molecule has 1 aromatic heterocycles. The smallest absolute Gasteiger partial charge is 0.338 e. The van der Waals surface area contributed by atoms with Crippen LogP contribution in [-0.4, -0.2) is 29.0 Å². The number of nitrogens with one attached hydrogen (secondary N) is 2. The Labute approximate surface area is 150 Å². The average Bonchev–Trinajstić information content (AvgIpc) is 3.42. The van der Waals surface area contributed by atoms with E-state index in [4.69, 9.17) is 16.3 Å². The minimum atomic E-state index is -0.425. The number of aryl methyl sites for hydroxylation is 1. The number of carbonyl (C=O) groups excluding carboxylic acids is 2. The van der Waals surface area contributed by atoms with Crippen LogP contribution in [0.3, 0.4) is 0 Å². The van der Waals surface area contributed by atoms with E-state index in [2.05, 4.69) is 20.8 Å². The SMILES string of the molecule is CCc1cc2nc(NNC(=O)CC3CC3)c(Cl)nc2cc1C(=O)OC. The van der Waals surface area contributed by atoms with E-state index >= 15 is 0 Å². The Morgan fingerprint density at radius 3 is 2.64 bits per heavy atom. The molecule has 1 aliphatic rings. The van der Waals surface area contributed by atoms with Crippen molar-refractivity contribution >= 4 is 40.3 Å². The summed E-state index contributed by atoms with van der Waals surface area (Å²) in [5, 5.41) is 0.110. The molecule has 0 radical (unpaired) electrons. The molecule has 1 aromatic carbocycles. The van der Waals surface area contributed by atoms with E-state index in [0.717, 1.165) is 18.4 Å². The molecule has 1 amide bonds. The molecule has 0 bridgehead atoms. The average molecular weight is 363 g/mol. The first kappa shape index (κ1) is 17.4. The fraction of sp³-hybridized carbons (Fsp3) is 0.412. The van der Waals surface area contributed by atoms with Crippen molar-refractivity contribution in [1.82, 2.24) is 15.4 Å². The van der Waals surface area contributed by atoms with E-state index in [1.165, 1.54) is 7.11 Å². The molecule has 0 aliphatic heterocycles. The highest BCUT2D eigenvalue weighted by molar-refractivity contribution is 6.32. The van der Waals surface area contributed by atoms with Crippen LogP contribution < -0.4 is 10.9 Å². The number of halogens is 1. The summed E-state index contributed by atoms with van der Waals surface area (Å²) in [6.45, 7) is 1.94. The van der Waals surface area contributed by atoms with Gasteiger partial charge in [0.15, 0.2) is 11.0 Å². The normalized spacial score (nSPS) is 13.6. The van der Waals surface area contributed by atoms with Crippen molar-refractivity contribution in [2.45, 2.75) is 32.6 Å². The second-order valence-electron chi connectivity index (χ2n) is 6.03. The third-order valence-corrected chi connectivity index (χ3v) is 4.39. The molecule has 2 N–H and O–H groups in total. The largest absolute Gasteiger partial charge is 0.465 e. The first-order chi connectivity index (χ1) is 12.0. The number of rotatable bonds is 6. The number of methoxy groups -OCH3 is 1. The Balaban J connectivity index is 1.86. The number of amides is 1. The molecule has 25 heavy (non-hydrogen) atoms. The van der Waals surface area contributed by atoms with Crippen LogP contribution in [0.5, 0.6) is 0 Å². The van der Waals surface area contributed by atoms with Crippen LogP contribution in [0.4, 0.5) is 5.82 Å². The van der Waals surface area contributed by atoms with Crippen molar-refractivity contribution in [3.63, 3.8) is 0 Å². The van der Waals surface area contributed by atoms with Gasteiger partial charge in [-0.3, -0.25) is 15.6 Å². The van der Waals surface area contributed by atoms with E-state index < -0.39 is 5.97 Å². The van der Waals surface area contributed by atoms with E-state index in [1.807, 2.05) is 6.92 Å². The molecule has 3 rings (SSSR count). The topological polar surface area (TPSA) is 93.2 Å². The molecule has 132 valence electrons. The van der Waals surface area contributed by atoms with Crippen molar-refractivity contribution in [2.75, 3.05) is 12.5 Å². The van der Waals surface area contributed by atoms with Crippen molar-refractivity contribution in [1.29, 1.82) is 0 Å². The summed E-state index contributed by atoms with van der Waals surface area (Å²) < 4.78 is 4.80. The van der Waals surface area contributed by atoms with Gasteiger partial charge in [0.25, 0.3) is 0 Å². The molecule has 1 fully saturated rings. The second kappa shape index (κ2) is 7.23. The summed E-state index contributed by atoms with van der Waals surface area (Å²) in [5.74, 6) is 0.233. The zero-order valence-corrected chi connectivity index (χ0v) is 14.8. The molecule has 0 atom stereocenters. The van der Waals surface area contributed by atoms with Gasteiger partial charge >= 0.3 is 5.97 Å². The van der Waals surface area contributed by atoms with Gasteiger partial charge in [-0.25, -0.2) is 14.8 Å². The van der Waals surface area contributed by atoms with Crippen LogP contribution in [0, 0.1) is 5.92 Å². The third-order valence-electron chi connectivity index (χ3n) is 4.12. The maximum atomic E-state index is 11.9. The summed E-state index contributed by atoms with van der Waals surface area (Å²) in [5.41, 5.74) is 7.63. The quantitative estimate of drug-likeness (QED) is 0.606. The maximum Gasteiger partial charge on any atom is 0.338 e. The van der Waals surface area contributed by atoms with E-state index in [-0.39, 0.29) is 16.9 Å². The van der Waals surface area contributed by atoms with Crippen LogP contribution in [0.2, 0.25) is 5.15 Å². The minimum Gasteiger partial charge on any atom is -0.465 e. The van der Waals surface area contributed by atoms with Crippen molar-refractivity contribution < 1.29 is 14.3 Å². The summed E-state index contributed by atoms with van der Waals surface area (Å²) >= 11 is 6.14. The molecule has 0 saturated heterocycles. The van der Waals surface area contributed by atoms with Crippen LogP contribution in [0.15, 0.2) is 12.1 Å². The maximum absolute atomic E-state index is 11.9. The predicted octanol–water partition coefficient (Wildman–Crippen LogP) is 2.88. The lowest BCUT2D eigenvalue weighted by atomic mass is 10.0. The number of nitrogens with zero attached hydrogens (tertiary/aromatic N) is 2. The van der Waals surface area contributed by atoms with Crippen LogP contribution in [-0.2, 0) is 16.0 Å². The van der Waals surface area contributed by atoms with Gasteiger partial charge in [-0.15, -0.1) is 0 Å². The Morgan fingerprint density at radius 2 is 2.00 bits per heavy atom. The summed E-state index contributed by atoms with van der Waals surface area (Å²) in [6.07, 6.45) is 3.35. The number of hydrogen-bond acceptors (Lipinski definition) is 6. The lowest BCUT2D eigenvalue weighted by Gasteiger charge is -2.11. The fourth-order valence-electron chi connectivity index (χ4n) is 2.56. The predicted molar refractivity (Wildman–Crippen MR) is 94.4 cm³/mol. The number of esters is 1. The van der Waals surface area contributed by atoms with Gasteiger partial charge in [0.2, 0.25) is 5.91 Å². The summed E-state index contributed by atoms with van der Waals surface area (Å²) in [4.78, 5) is 32.3. The molecule has 7 nitrogen and oxygen atoms in total. The number of benzene rings is 1. The second-order valence-corrected chi connectivity index (χ2v) is 6.38. The van der Waals surface area contributed by atoms with E-state index in [1.54, 1.807) is 12.1 Å². The monoisotopic (exact) mass is 362 g/mol. The van der Waals surface area contributed by atoms with Gasteiger partial charge in [0, 0.05) is 6.42 Å². The fourth-order valence-corrected chi connectivity index (χ4v) is 2.74. The molecular formula is C17H19ClN4O3. The highest BCUT2D eigenvalue weighted by Gasteiger charge is 2.24. The number of hydrogen-bond donors (Lipinski definition) is 2. The van der Waals surface area contributed by atoms with Gasteiger partial charge in [-0.1, -0.05) is 18.5 Å². The lowest BCUT2D eigenvalue weighted by Crippen LogP contribution is -2.30. The number of hydrazine groups is 1. The number of carbonyl (C=O) groups is 2. The number of anilines is 1. The Kier molecular flexibility index (Phi) is 5.03. The Morgan fingerprint density at radius 1 is 1.28 bits per heavy atom. The van der Waals surface area contributed by atoms with Gasteiger partial charge in [-0.2, -0.15) is 0 Å². The highest BCUT2D eigenvalue weighted by atomic mass is 35.5. The third kappa shape index (κ3) is 3.99. The van der Waals surface area contributed by atoms with Gasteiger partial charge < -0.3 is 4.74 Å². The number of ether oxygens (including phenoxy) is 1. The van der Waals surface area contributed by atoms with Gasteiger partial charge in [0.1, 0.15) is 0 Å². The number of fused-ring (bicyclic) bond motifs is 1. The van der Waals surface area contributed by atoms with Crippen LogP contribution in [0.25, 0.3) is 11.0 Å². The van der Waals surface area contributed by atoms with Crippen LogP contribution in [0.1, 0.15) is 42.1 Å². The highest BCUT2D eigenvalue weighted by Crippen LogP contribution is 2.32. The Hall–Kier alpha value is -2.41. The minimum absolute atomic E-state index is 0.101. The standard InChI is InChI=1S/C17H19ClN4O3/c1-3-10-7-12-13(8-11(10)17(24)25-2)19-15(18)16(20-12)22-21-14(23)6-9-4-5-9/h7-9H,3-6H2,1-2H3,(H,20,22)(H,21,23). The van der Waals surface area contributed by atoms with Crippen molar-refractivity contribution in [2.24, 2.45) is 5.92 Å². The van der Waals surface area contributed by atoms with Crippen molar-refractivity contribution in [3.8, 4) is 0 Å². The zero-order chi connectivity index (χ0) is 18.0. The summed E-state index contributed by atoms with van der Waals surface area (Å²) in [7, 11) is 1.34. The number of aromatic nitrogens is 2. The molecule has 1 heterocycles. The zero-order valence-electron chi connectivity index (χ0n) is 14.1. The first-order valence-corrected chi connectivity index (χ1v) is 8.53. The van der Waals surface area contributed by atoms with Gasteiger partial charge in [0.05, 0.1) is 23.7 Å². The molecule has 0 spiro atoms. The van der Waals surface area contributed by atoms with E-state index in [0.29, 0.717) is 35.4 Å². The molecule has 8 heteroatoms. The Bertz CT molecular complexity index is 836. The van der Waals surface area contributed by atoms with Crippen LogP contribution >= 0.6 is 11.6 Å². The lowest BCUT2D eigenvalue weighted by molar-refractivity contribution is -0.120. The first-order valence-electron chi connectivity index (χ1n) is 8.15. The molecule has 1 saturated carbocycles. The van der Waals surface area contributed by atoms with E-state index in [9.17, 15) is 9.59 Å². The molecule has 0 unspecified atom stereocenters.